The Morgan fingerprint density at radius 1 is 1.35 bits per heavy atom. The molecular formula is C17H24N2O4. The number of ether oxygens (including phenoxy) is 2. The van der Waals surface area contributed by atoms with Crippen LogP contribution in [0.5, 0.6) is 5.88 Å². The molecule has 2 aliphatic rings. The zero-order valence-electron chi connectivity index (χ0n) is 13.7. The van der Waals surface area contributed by atoms with Gasteiger partial charge in [-0.25, -0.2) is 10.0 Å². The second-order valence-electron chi connectivity index (χ2n) is 6.21. The molecule has 0 aromatic carbocycles. The number of hydrogen-bond acceptors (Lipinski definition) is 5. The van der Waals surface area contributed by atoms with E-state index in [9.17, 15) is 4.79 Å². The van der Waals surface area contributed by atoms with Crippen LogP contribution < -0.4 is 4.74 Å². The van der Waals surface area contributed by atoms with E-state index in [1.165, 1.54) is 17.7 Å². The van der Waals surface area contributed by atoms with Crippen LogP contribution in [-0.2, 0) is 14.4 Å². The molecule has 6 nitrogen and oxygen atoms in total. The van der Waals surface area contributed by atoms with Crippen LogP contribution in [0.15, 0.2) is 18.3 Å². The second-order valence-corrected chi connectivity index (χ2v) is 6.21. The van der Waals surface area contributed by atoms with Crippen LogP contribution in [0, 0.1) is 5.92 Å². The molecule has 1 aliphatic carbocycles. The fraction of sp³-hybridized carbons (Fsp3) is 0.647. The Kier molecular flexibility index (Phi) is 5.13. The van der Waals surface area contributed by atoms with Crippen LogP contribution in [0.2, 0.25) is 0 Å². The Hall–Kier alpha value is -1.66. The summed E-state index contributed by atoms with van der Waals surface area (Å²) in [6.45, 7) is 1.59. The summed E-state index contributed by atoms with van der Waals surface area (Å²) in [6.07, 6.45) is 5.27. The molecule has 0 atom stereocenters. The highest BCUT2D eigenvalue weighted by atomic mass is 16.7. The molecule has 0 N–H and O–H groups in total. The molecule has 126 valence electrons. The minimum Gasteiger partial charge on any atom is -0.474 e. The molecule has 23 heavy (non-hydrogen) atoms. The molecule has 1 aromatic heterocycles. The van der Waals surface area contributed by atoms with E-state index < -0.39 is 0 Å². The number of carbonyl (C=O) groups excluding carboxylic acids is 1. The van der Waals surface area contributed by atoms with E-state index in [1.54, 1.807) is 13.2 Å². The third kappa shape index (κ3) is 3.64. The monoisotopic (exact) mass is 320 g/mol. The summed E-state index contributed by atoms with van der Waals surface area (Å²) in [5, 5.41) is 1.29. The van der Waals surface area contributed by atoms with E-state index in [4.69, 9.17) is 14.3 Å². The highest BCUT2D eigenvalue weighted by Gasteiger charge is 2.38. The average Bonchev–Trinajstić information content (AvgIpc) is 2.57. The summed E-state index contributed by atoms with van der Waals surface area (Å²) in [6, 6.07) is 4.05. The maximum absolute atomic E-state index is 12.0. The minimum atomic E-state index is -0.0137. The van der Waals surface area contributed by atoms with E-state index in [2.05, 4.69) is 11.1 Å². The zero-order chi connectivity index (χ0) is 16.2. The van der Waals surface area contributed by atoms with Gasteiger partial charge in [-0.15, -0.1) is 0 Å². The molecule has 3 rings (SSSR count). The van der Waals surface area contributed by atoms with Gasteiger partial charge in [0, 0.05) is 37.9 Å². The highest BCUT2D eigenvalue weighted by Crippen LogP contribution is 2.36. The van der Waals surface area contributed by atoms with Crippen molar-refractivity contribution in [2.24, 2.45) is 5.92 Å². The lowest BCUT2D eigenvalue weighted by molar-refractivity contribution is -0.179. The highest BCUT2D eigenvalue weighted by molar-refractivity contribution is 5.78. The first kappa shape index (κ1) is 16.2. The Balaban J connectivity index is 1.58. The fourth-order valence-electron chi connectivity index (χ4n) is 3.19. The lowest BCUT2D eigenvalue weighted by atomic mass is 9.81. The van der Waals surface area contributed by atoms with Gasteiger partial charge in [0.1, 0.15) is 6.10 Å². The van der Waals surface area contributed by atoms with Crippen LogP contribution in [0.1, 0.15) is 37.2 Å². The molecule has 2 fully saturated rings. The van der Waals surface area contributed by atoms with Gasteiger partial charge in [0.25, 0.3) is 0 Å². The summed E-state index contributed by atoms with van der Waals surface area (Å²) in [4.78, 5) is 21.3. The molecule has 0 spiro atoms. The lowest BCUT2D eigenvalue weighted by Gasteiger charge is -2.36. The number of pyridine rings is 1. The third-order valence-corrected chi connectivity index (χ3v) is 4.77. The van der Waals surface area contributed by atoms with Crippen LogP contribution in [0.3, 0.4) is 0 Å². The number of aromatic nitrogens is 1. The van der Waals surface area contributed by atoms with Gasteiger partial charge in [-0.05, 0) is 37.7 Å². The predicted octanol–water partition coefficient (Wildman–Crippen LogP) is 2.15. The maximum atomic E-state index is 12.0. The molecule has 6 heteroatoms. The normalized spacial score (nSPS) is 24.8. The van der Waals surface area contributed by atoms with E-state index in [1.807, 2.05) is 6.07 Å². The number of carbonyl (C=O) groups is 1. The van der Waals surface area contributed by atoms with Gasteiger partial charge in [0.15, 0.2) is 0 Å². The van der Waals surface area contributed by atoms with Crippen molar-refractivity contribution < 1.29 is 19.1 Å². The van der Waals surface area contributed by atoms with Crippen LogP contribution >= 0.6 is 0 Å². The molecule has 1 amide bonds. The van der Waals surface area contributed by atoms with Crippen molar-refractivity contribution in [3.63, 3.8) is 0 Å². The van der Waals surface area contributed by atoms with E-state index in [0.717, 1.165) is 44.8 Å². The third-order valence-electron chi connectivity index (χ3n) is 4.77. The van der Waals surface area contributed by atoms with Crippen LogP contribution in [0.4, 0.5) is 0 Å². The molecule has 1 saturated carbocycles. The molecule has 0 radical (unpaired) electrons. The van der Waals surface area contributed by atoms with E-state index in [-0.39, 0.29) is 17.9 Å². The lowest BCUT2D eigenvalue weighted by Crippen LogP contribution is -2.44. The SMILES string of the molecule is CON(C)C(=O)C1CC(Oc2ncccc2C2CCOCC2)C1. The van der Waals surface area contributed by atoms with Crippen molar-refractivity contribution in [2.45, 2.75) is 37.7 Å². The molecule has 1 saturated heterocycles. The van der Waals surface area contributed by atoms with Gasteiger partial charge < -0.3 is 9.47 Å². The molecule has 0 bridgehead atoms. The first-order chi connectivity index (χ1) is 11.2. The summed E-state index contributed by atoms with van der Waals surface area (Å²) in [7, 11) is 3.14. The Bertz CT molecular complexity index is 539. The van der Waals surface area contributed by atoms with Crippen molar-refractivity contribution in [2.75, 3.05) is 27.4 Å². The molecule has 1 aromatic rings. The Labute approximate surface area is 136 Å². The second kappa shape index (κ2) is 7.27. The fourth-order valence-corrected chi connectivity index (χ4v) is 3.19. The number of nitrogens with zero attached hydrogens (tertiary/aromatic N) is 2. The quantitative estimate of drug-likeness (QED) is 0.778. The summed E-state index contributed by atoms with van der Waals surface area (Å²) < 4.78 is 11.5. The standard InChI is InChI=1S/C17H24N2O4/c1-19(21-2)17(20)13-10-14(11-13)23-16-15(4-3-7-18-16)12-5-8-22-9-6-12/h3-4,7,12-14H,5-6,8-11H2,1-2H3. The first-order valence-electron chi connectivity index (χ1n) is 8.20. The van der Waals surface area contributed by atoms with Gasteiger partial charge in [-0.2, -0.15) is 0 Å². The van der Waals surface area contributed by atoms with Crippen molar-refractivity contribution >= 4 is 5.91 Å². The summed E-state index contributed by atoms with van der Waals surface area (Å²) in [5.74, 6) is 1.16. The van der Waals surface area contributed by atoms with Crippen molar-refractivity contribution in [3.8, 4) is 5.88 Å². The van der Waals surface area contributed by atoms with Gasteiger partial charge >= 0.3 is 0 Å². The first-order valence-corrected chi connectivity index (χ1v) is 8.20. The number of hydroxylamine groups is 2. The average molecular weight is 320 g/mol. The predicted molar refractivity (Wildman–Crippen MR) is 84.0 cm³/mol. The number of rotatable bonds is 5. The van der Waals surface area contributed by atoms with Crippen LogP contribution in [0.25, 0.3) is 0 Å². The summed E-state index contributed by atoms with van der Waals surface area (Å²) >= 11 is 0. The van der Waals surface area contributed by atoms with Crippen molar-refractivity contribution in [1.29, 1.82) is 0 Å². The topological polar surface area (TPSA) is 60.9 Å². The number of hydrogen-bond donors (Lipinski definition) is 0. The van der Waals surface area contributed by atoms with Gasteiger partial charge in [0.05, 0.1) is 7.11 Å². The van der Waals surface area contributed by atoms with Gasteiger partial charge in [-0.3, -0.25) is 9.63 Å². The molecular weight excluding hydrogens is 296 g/mol. The zero-order valence-corrected chi connectivity index (χ0v) is 13.7. The Morgan fingerprint density at radius 3 is 2.78 bits per heavy atom. The molecule has 0 unspecified atom stereocenters. The number of amides is 1. The van der Waals surface area contributed by atoms with Crippen molar-refractivity contribution in [3.05, 3.63) is 23.9 Å². The molecule has 2 heterocycles. The van der Waals surface area contributed by atoms with Gasteiger partial charge in [-0.1, -0.05) is 6.07 Å². The van der Waals surface area contributed by atoms with E-state index >= 15 is 0 Å². The Morgan fingerprint density at radius 2 is 2.09 bits per heavy atom. The molecule has 1 aliphatic heterocycles. The van der Waals surface area contributed by atoms with E-state index in [0.29, 0.717) is 5.92 Å². The summed E-state index contributed by atoms with van der Waals surface area (Å²) in [5.41, 5.74) is 1.17. The van der Waals surface area contributed by atoms with Crippen molar-refractivity contribution in [1.82, 2.24) is 10.0 Å². The maximum Gasteiger partial charge on any atom is 0.249 e. The van der Waals surface area contributed by atoms with Crippen LogP contribution in [-0.4, -0.2) is 49.4 Å². The minimum absolute atomic E-state index is 0.0121. The smallest absolute Gasteiger partial charge is 0.249 e. The largest absolute Gasteiger partial charge is 0.474 e. The van der Waals surface area contributed by atoms with Gasteiger partial charge in [0.2, 0.25) is 11.8 Å².